The lowest BCUT2D eigenvalue weighted by Gasteiger charge is -2.20. The molecule has 0 amide bonds. The first-order valence-electron chi connectivity index (χ1n) is 7.51. The standard InChI is InChI=1S/C16H20ClN5/c1-9(17)14-20-15(18)22-16(21-14)19-10(2)13-7-11-5-3-4-6-12(11)8-13/h3-6,9-10,13H,7-8H2,1-2H3,(H3,18,19,20,21,22). The normalized spacial score (nSPS) is 17.0. The van der Waals surface area contributed by atoms with Gasteiger partial charge in [-0.2, -0.15) is 15.0 Å². The Labute approximate surface area is 135 Å². The van der Waals surface area contributed by atoms with Crippen LogP contribution in [0.1, 0.15) is 36.2 Å². The molecule has 6 heteroatoms. The molecule has 0 fully saturated rings. The second-order valence-electron chi connectivity index (χ2n) is 5.86. The molecule has 2 unspecified atom stereocenters. The Morgan fingerprint density at radius 2 is 1.77 bits per heavy atom. The van der Waals surface area contributed by atoms with Crippen LogP contribution in [0.2, 0.25) is 0 Å². The molecule has 5 nitrogen and oxygen atoms in total. The number of nitrogens with two attached hydrogens (primary N) is 1. The minimum absolute atomic E-state index is 0.196. The summed E-state index contributed by atoms with van der Waals surface area (Å²) >= 11 is 6.04. The number of rotatable bonds is 4. The topological polar surface area (TPSA) is 76.7 Å². The van der Waals surface area contributed by atoms with Crippen LogP contribution in [0.3, 0.4) is 0 Å². The predicted octanol–water partition coefficient (Wildman–Crippen LogP) is 2.97. The highest BCUT2D eigenvalue weighted by Crippen LogP contribution is 2.29. The van der Waals surface area contributed by atoms with Crippen molar-refractivity contribution in [3.8, 4) is 0 Å². The van der Waals surface area contributed by atoms with Crippen LogP contribution in [0.25, 0.3) is 0 Å². The monoisotopic (exact) mass is 317 g/mol. The largest absolute Gasteiger partial charge is 0.368 e. The lowest BCUT2D eigenvalue weighted by molar-refractivity contribution is 0.489. The summed E-state index contributed by atoms with van der Waals surface area (Å²) in [6.45, 7) is 3.97. The molecule has 2 atom stereocenters. The average Bonchev–Trinajstić information content (AvgIpc) is 2.90. The first kappa shape index (κ1) is 15.0. The van der Waals surface area contributed by atoms with Gasteiger partial charge in [-0.25, -0.2) is 0 Å². The molecule has 1 aliphatic rings. The van der Waals surface area contributed by atoms with Crippen molar-refractivity contribution in [3.63, 3.8) is 0 Å². The predicted molar refractivity (Wildman–Crippen MR) is 88.9 cm³/mol. The summed E-state index contributed by atoms with van der Waals surface area (Å²) in [6.07, 6.45) is 2.15. The summed E-state index contributed by atoms with van der Waals surface area (Å²) < 4.78 is 0. The number of aromatic nitrogens is 3. The van der Waals surface area contributed by atoms with Crippen molar-refractivity contribution in [2.24, 2.45) is 5.92 Å². The van der Waals surface area contributed by atoms with Gasteiger partial charge in [0.25, 0.3) is 0 Å². The molecule has 116 valence electrons. The molecule has 3 N–H and O–H groups in total. The molecule has 1 heterocycles. The number of nitrogen functional groups attached to an aromatic ring is 1. The van der Waals surface area contributed by atoms with Gasteiger partial charge in [0.2, 0.25) is 11.9 Å². The molecule has 1 aromatic heterocycles. The van der Waals surface area contributed by atoms with E-state index >= 15 is 0 Å². The maximum Gasteiger partial charge on any atom is 0.228 e. The second-order valence-corrected chi connectivity index (χ2v) is 6.52. The molecule has 0 saturated heterocycles. The Morgan fingerprint density at radius 1 is 1.14 bits per heavy atom. The summed E-state index contributed by atoms with van der Waals surface area (Å²) in [5.74, 6) is 1.71. The molecule has 0 saturated carbocycles. The molecule has 0 aliphatic heterocycles. The number of benzene rings is 1. The van der Waals surface area contributed by atoms with Crippen molar-refractivity contribution in [1.82, 2.24) is 15.0 Å². The van der Waals surface area contributed by atoms with E-state index in [4.69, 9.17) is 17.3 Å². The Hall–Kier alpha value is -1.88. The van der Waals surface area contributed by atoms with Crippen LogP contribution in [-0.2, 0) is 12.8 Å². The van der Waals surface area contributed by atoms with Gasteiger partial charge in [-0.1, -0.05) is 24.3 Å². The van der Waals surface area contributed by atoms with Crippen molar-refractivity contribution in [1.29, 1.82) is 0 Å². The van der Waals surface area contributed by atoms with Gasteiger partial charge in [-0.15, -0.1) is 11.6 Å². The van der Waals surface area contributed by atoms with Gasteiger partial charge in [-0.05, 0) is 43.7 Å². The molecular weight excluding hydrogens is 298 g/mol. The zero-order valence-electron chi connectivity index (χ0n) is 12.8. The maximum atomic E-state index is 6.04. The number of alkyl halides is 1. The first-order valence-corrected chi connectivity index (χ1v) is 7.95. The lowest BCUT2D eigenvalue weighted by Crippen LogP contribution is -2.28. The van der Waals surface area contributed by atoms with Gasteiger partial charge in [0.05, 0.1) is 5.38 Å². The van der Waals surface area contributed by atoms with E-state index in [9.17, 15) is 0 Å². The van der Waals surface area contributed by atoms with Crippen LogP contribution in [0.4, 0.5) is 11.9 Å². The minimum Gasteiger partial charge on any atom is -0.368 e. The van der Waals surface area contributed by atoms with E-state index in [1.165, 1.54) is 11.1 Å². The van der Waals surface area contributed by atoms with E-state index in [2.05, 4.69) is 51.5 Å². The zero-order valence-corrected chi connectivity index (χ0v) is 13.5. The number of anilines is 2. The highest BCUT2D eigenvalue weighted by atomic mass is 35.5. The number of halogens is 1. The summed E-state index contributed by atoms with van der Waals surface area (Å²) in [5, 5.41) is 3.06. The van der Waals surface area contributed by atoms with Crippen LogP contribution >= 0.6 is 11.6 Å². The summed E-state index contributed by atoms with van der Waals surface area (Å²) in [5.41, 5.74) is 8.61. The quantitative estimate of drug-likeness (QED) is 0.848. The van der Waals surface area contributed by atoms with Crippen LogP contribution in [0.15, 0.2) is 24.3 Å². The molecule has 1 aliphatic carbocycles. The molecule has 0 bridgehead atoms. The smallest absolute Gasteiger partial charge is 0.228 e. The Bertz CT molecular complexity index is 648. The minimum atomic E-state index is -0.295. The van der Waals surface area contributed by atoms with Crippen LogP contribution in [0.5, 0.6) is 0 Å². The Balaban J connectivity index is 1.72. The van der Waals surface area contributed by atoms with Crippen molar-refractivity contribution in [2.75, 3.05) is 11.1 Å². The highest BCUT2D eigenvalue weighted by Gasteiger charge is 2.26. The van der Waals surface area contributed by atoms with E-state index in [-0.39, 0.29) is 17.4 Å². The third kappa shape index (κ3) is 3.14. The van der Waals surface area contributed by atoms with E-state index < -0.39 is 0 Å². The van der Waals surface area contributed by atoms with Crippen molar-refractivity contribution in [2.45, 2.75) is 38.1 Å². The lowest BCUT2D eigenvalue weighted by atomic mass is 9.98. The van der Waals surface area contributed by atoms with Gasteiger partial charge >= 0.3 is 0 Å². The van der Waals surface area contributed by atoms with Gasteiger partial charge < -0.3 is 11.1 Å². The second kappa shape index (κ2) is 6.08. The molecular formula is C16H20ClN5. The van der Waals surface area contributed by atoms with Crippen LogP contribution in [0, 0.1) is 5.92 Å². The number of nitrogens with one attached hydrogen (secondary N) is 1. The molecule has 0 radical (unpaired) electrons. The van der Waals surface area contributed by atoms with E-state index in [0.717, 1.165) is 12.8 Å². The fraction of sp³-hybridized carbons (Fsp3) is 0.438. The zero-order chi connectivity index (χ0) is 15.7. The number of nitrogens with zero attached hydrogens (tertiary/aromatic N) is 3. The molecule has 3 rings (SSSR count). The fourth-order valence-corrected chi connectivity index (χ4v) is 3.02. The number of fused-ring (bicyclic) bond motifs is 1. The maximum absolute atomic E-state index is 6.04. The summed E-state index contributed by atoms with van der Waals surface area (Å²) in [7, 11) is 0. The van der Waals surface area contributed by atoms with Crippen molar-refractivity contribution >= 4 is 23.5 Å². The fourth-order valence-electron chi connectivity index (χ4n) is 2.92. The molecule has 1 aromatic carbocycles. The van der Waals surface area contributed by atoms with E-state index in [1.807, 2.05) is 6.92 Å². The number of hydrogen-bond acceptors (Lipinski definition) is 5. The van der Waals surface area contributed by atoms with Gasteiger partial charge in [0.1, 0.15) is 0 Å². The third-order valence-electron chi connectivity index (χ3n) is 4.17. The molecule has 0 spiro atoms. The van der Waals surface area contributed by atoms with E-state index in [0.29, 0.717) is 17.7 Å². The van der Waals surface area contributed by atoms with Crippen LogP contribution in [-0.4, -0.2) is 21.0 Å². The Kier molecular flexibility index (Phi) is 4.16. The molecule has 22 heavy (non-hydrogen) atoms. The van der Waals surface area contributed by atoms with Gasteiger partial charge in [0, 0.05) is 6.04 Å². The van der Waals surface area contributed by atoms with Gasteiger partial charge in [0.15, 0.2) is 5.82 Å². The highest BCUT2D eigenvalue weighted by molar-refractivity contribution is 6.20. The Morgan fingerprint density at radius 3 is 2.36 bits per heavy atom. The van der Waals surface area contributed by atoms with E-state index in [1.54, 1.807) is 0 Å². The van der Waals surface area contributed by atoms with Crippen LogP contribution < -0.4 is 11.1 Å². The first-order chi connectivity index (χ1) is 10.5. The summed E-state index contributed by atoms with van der Waals surface area (Å²) in [4.78, 5) is 12.6. The number of hydrogen-bond donors (Lipinski definition) is 2. The van der Waals surface area contributed by atoms with Gasteiger partial charge in [-0.3, -0.25) is 0 Å². The average molecular weight is 318 g/mol. The van der Waals surface area contributed by atoms with Crippen molar-refractivity contribution < 1.29 is 0 Å². The van der Waals surface area contributed by atoms with Crippen molar-refractivity contribution in [3.05, 3.63) is 41.2 Å². The third-order valence-corrected chi connectivity index (χ3v) is 4.37. The molecule has 2 aromatic rings. The summed E-state index contributed by atoms with van der Waals surface area (Å²) in [6, 6.07) is 8.85. The SMILES string of the molecule is CC(Cl)c1nc(N)nc(NC(C)C2Cc3ccccc3C2)n1.